The molecule has 0 aromatic carbocycles. The van der Waals surface area contributed by atoms with Gasteiger partial charge in [-0.2, -0.15) is 4.98 Å². The molecule has 2 heterocycles. The van der Waals surface area contributed by atoms with Crippen molar-refractivity contribution in [2.24, 2.45) is 11.7 Å². The van der Waals surface area contributed by atoms with E-state index in [9.17, 15) is 29.7 Å². The normalized spacial score (nSPS) is 28.9. The fourth-order valence-electron chi connectivity index (χ4n) is 2.88. The third-order valence-electron chi connectivity index (χ3n) is 4.92. The second-order valence-electron chi connectivity index (χ2n) is 7.57. The first-order chi connectivity index (χ1) is 14.3. The second-order valence-corrected chi connectivity index (χ2v) is 7.57. The highest BCUT2D eigenvalue weighted by atomic mass is 16.7. The number of nitrogens with one attached hydrogen (secondary N) is 1. The molecule has 1 aromatic heterocycles. The molecule has 0 radical (unpaired) electrons. The number of hydrogen-bond donors (Lipinski definition) is 5. The molecular weight excluding hydrogens is 416 g/mol. The molecule has 2 rings (SSSR count). The Labute approximate surface area is 177 Å². The van der Waals surface area contributed by atoms with Crippen LogP contribution in [-0.2, 0) is 24.9 Å². The Morgan fingerprint density at radius 2 is 2.03 bits per heavy atom. The van der Waals surface area contributed by atoms with Crippen LogP contribution >= 0.6 is 0 Å². The molecule has 13 nitrogen and oxygen atoms in total. The third-order valence-corrected chi connectivity index (χ3v) is 4.92. The summed E-state index contributed by atoms with van der Waals surface area (Å²) in [6.07, 6.45) is -2.97. The van der Waals surface area contributed by atoms with Crippen LogP contribution in [0.5, 0.6) is 0 Å². The third kappa shape index (κ3) is 4.85. The highest BCUT2D eigenvalue weighted by Gasteiger charge is 2.64. The average molecular weight is 444 g/mol. The van der Waals surface area contributed by atoms with Crippen LogP contribution in [-0.4, -0.2) is 74.0 Å². The summed E-state index contributed by atoms with van der Waals surface area (Å²) in [6.45, 7) is 5.63. The number of esters is 1. The molecule has 5 atom stereocenters. The average Bonchev–Trinajstić information content (AvgIpc) is 2.85. The SMILES string of the molecule is CCOC(=O)Nc1ccn([C@]2(O)O[C@H](COC(=O)[C@@H](N)C(C)C)[C@@H](O)[C@@]2(C)O)c(=O)n1. The highest BCUT2D eigenvalue weighted by Crippen LogP contribution is 2.41. The molecule has 0 spiro atoms. The Bertz CT molecular complexity index is 872. The predicted octanol–water partition coefficient (Wildman–Crippen LogP) is -1.55. The first-order valence-electron chi connectivity index (χ1n) is 9.62. The van der Waals surface area contributed by atoms with E-state index in [1.54, 1.807) is 20.8 Å². The van der Waals surface area contributed by atoms with Gasteiger partial charge in [0.15, 0.2) is 5.60 Å². The van der Waals surface area contributed by atoms with Crippen LogP contribution < -0.4 is 16.7 Å². The van der Waals surface area contributed by atoms with Gasteiger partial charge in [-0.15, -0.1) is 0 Å². The number of hydrogen-bond acceptors (Lipinski definition) is 11. The number of nitrogens with two attached hydrogens (primary N) is 1. The van der Waals surface area contributed by atoms with Crippen molar-refractivity contribution in [3.05, 3.63) is 22.7 Å². The molecule has 1 aliphatic rings. The molecule has 1 amide bonds. The topological polar surface area (TPSA) is 195 Å². The van der Waals surface area contributed by atoms with Crippen molar-refractivity contribution < 1.29 is 39.1 Å². The molecule has 6 N–H and O–H groups in total. The lowest BCUT2D eigenvalue weighted by Gasteiger charge is -2.35. The van der Waals surface area contributed by atoms with Crippen LogP contribution in [0.1, 0.15) is 27.7 Å². The number of nitrogens with zero attached hydrogens (tertiary/aromatic N) is 2. The molecule has 1 saturated heterocycles. The molecule has 174 valence electrons. The van der Waals surface area contributed by atoms with Gasteiger partial charge in [-0.1, -0.05) is 13.8 Å². The predicted molar refractivity (Wildman–Crippen MR) is 105 cm³/mol. The van der Waals surface area contributed by atoms with Gasteiger partial charge in [0.25, 0.3) is 5.91 Å². The Balaban J connectivity index is 2.23. The summed E-state index contributed by atoms with van der Waals surface area (Å²) in [6, 6.07) is 0.237. The second kappa shape index (κ2) is 9.28. The van der Waals surface area contributed by atoms with Gasteiger partial charge in [0, 0.05) is 6.20 Å². The van der Waals surface area contributed by atoms with Gasteiger partial charge >= 0.3 is 17.8 Å². The van der Waals surface area contributed by atoms with E-state index in [1.165, 1.54) is 0 Å². The van der Waals surface area contributed by atoms with Gasteiger partial charge in [-0.05, 0) is 25.8 Å². The number of ether oxygens (including phenoxy) is 3. The van der Waals surface area contributed by atoms with Crippen molar-refractivity contribution in [3.63, 3.8) is 0 Å². The van der Waals surface area contributed by atoms with Crippen molar-refractivity contribution >= 4 is 17.9 Å². The number of aliphatic hydroxyl groups is 3. The van der Waals surface area contributed by atoms with Crippen molar-refractivity contribution in [2.75, 3.05) is 18.5 Å². The molecule has 0 unspecified atom stereocenters. The van der Waals surface area contributed by atoms with Crippen LogP contribution in [0.15, 0.2) is 17.1 Å². The summed E-state index contributed by atoms with van der Waals surface area (Å²) < 4.78 is 15.6. The zero-order valence-corrected chi connectivity index (χ0v) is 17.6. The zero-order valence-electron chi connectivity index (χ0n) is 17.6. The van der Waals surface area contributed by atoms with Crippen molar-refractivity contribution in [1.82, 2.24) is 9.55 Å². The van der Waals surface area contributed by atoms with E-state index in [-0.39, 0.29) is 18.3 Å². The van der Waals surface area contributed by atoms with Crippen LogP contribution in [0.25, 0.3) is 0 Å². The number of amides is 1. The van der Waals surface area contributed by atoms with Crippen molar-refractivity contribution in [2.45, 2.75) is 57.5 Å². The van der Waals surface area contributed by atoms with E-state index >= 15 is 0 Å². The smallest absolute Gasteiger partial charge is 0.412 e. The molecule has 13 heteroatoms. The molecular formula is C18H28N4O9. The molecule has 0 aliphatic carbocycles. The van der Waals surface area contributed by atoms with E-state index < -0.39 is 54.1 Å². The molecule has 0 bridgehead atoms. The monoisotopic (exact) mass is 444 g/mol. The lowest BCUT2D eigenvalue weighted by molar-refractivity contribution is -0.321. The largest absolute Gasteiger partial charge is 0.462 e. The van der Waals surface area contributed by atoms with E-state index in [4.69, 9.17) is 15.2 Å². The van der Waals surface area contributed by atoms with E-state index in [0.29, 0.717) is 4.57 Å². The first-order valence-corrected chi connectivity index (χ1v) is 9.62. The fourth-order valence-corrected chi connectivity index (χ4v) is 2.88. The van der Waals surface area contributed by atoms with E-state index in [1.807, 2.05) is 0 Å². The first kappa shape index (κ1) is 24.7. The van der Waals surface area contributed by atoms with Crippen LogP contribution in [0.3, 0.4) is 0 Å². The van der Waals surface area contributed by atoms with E-state index in [0.717, 1.165) is 19.2 Å². The Kier molecular flexibility index (Phi) is 7.39. The maximum atomic E-state index is 12.4. The minimum atomic E-state index is -2.75. The molecule has 31 heavy (non-hydrogen) atoms. The van der Waals surface area contributed by atoms with Crippen molar-refractivity contribution in [1.29, 1.82) is 0 Å². The number of carbonyl (C=O) groups excluding carboxylic acids is 2. The minimum Gasteiger partial charge on any atom is -0.462 e. The summed E-state index contributed by atoms with van der Waals surface area (Å²) in [5.74, 6) is -3.88. The van der Waals surface area contributed by atoms with Gasteiger partial charge in [0.2, 0.25) is 0 Å². The lowest BCUT2D eigenvalue weighted by Crippen LogP contribution is -2.58. The summed E-state index contributed by atoms with van der Waals surface area (Å²) in [7, 11) is 0. The van der Waals surface area contributed by atoms with Crippen molar-refractivity contribution in [3.8, 4) is 0 Å². The molecule has 1 fully saturated rings. The fraction of sp³-hybridized carbons (Fsp3) is 0.667. The highest BCUT2D eigenvalue weighted by molar-refractivity contribution is 5.83. The van der Waals surface area contributed by atoms with Crippen LogP contribution in [0, 0.1) is 5.92 Å². The Morgan fingerprint density at radius 3 is 2.58 bits per heavy atom. The van der Waals surface area contributed by atoms with Crippen LogP contribution in [0.2, 0.25) is 0 Å². The van der Waals surface area contributed by atoms with Gasteiger partial charge in [0.05, 0.1) is 6.61 Å². The van der Waals surface area contributed by atoms with Gasteiger partial charge in [-0.3, -0.25) is 10.1 Å². The van der Waals surface area contributed by atoms with Crippen LogP contribution in [0.4, 0.5) is 10.6 Å². The maximum absolute atomic E-state index is 12.4. The molecule has 0 saturated carbocycles. The number of aliphatic hydroxyl groups excluding tert-OH is 1. The van der Waals surface area contributed by atoms with E-state index in [2.05, 4.69) is 15.0 Å². The lowest BCUT2D eigenvalue weighted by atomic mass is 9.94. The number of aromatic nitrogens is 2. The summed E-state index contributed by atoms with van der Waals surface area (Å²) in [5, 5.41) is 34.3. The number of rotatable bonds is 7. The van der Waals surface area contributed by atoms with Gasteiger partial charge in [-0.25, -0.2) is 14.2 Å². The number of anilines is 1. The van der Waals surface area contributed by atoms with Gasteiger partial charge in [0.1, 0.15) is 30.7 Å². The number of carbonyl (C=O) groups is 2. The summed E-state index contributed by atoms with van der Waals surface area (Å²) in [4.78, 5) is 39.4. The zero-order chi connectivity index (χ0) is 23.6. The summed E-state index contributed by atoms with van der Waals surface area (Å²) >= 11 is 0. The van der Waals surface area contributed by atoms with Gasteiger partial charge < -0.3 is 35.3 Å². The Hall–Kier alpha value is -2.58. The quantitative estimate of drug-likeness (QED) is 0.305. The minimum absolute atomic E-state index is 0.102. The Morgan fingerprint density at radius 1 is 1.39 bits per heavy atom. The maximum Gasteiger partial charge on any atom is 0.412 e. The molecule has 1 aliphatic heterocycles. The summed E-state index contributed by atoms with van der Waals surface area (Å²) in [5.41, 5.74) is 2.19. The standard InChI is InChI=1S/C18H28N4O9/c1-5-29-16(26)21-11-6-7-22(15(25)20-11)18(28)17(4,27)13(23)10(31-18)8-30-14(24)12(19)9(2)3/h6-7,9-10,12-13,23,27-28H,5,8,19H2,1-4H3,(H,20,21,25,26)/t10-,12+,13-,17-,18-/m1/s1. The molecule has 1 aromatic rings.